The van der Waals surface area contributed by atoms with Crippen molar-refractivity contribution in [2.24, 2.45) is 0 Å². The van der Waals surface area contributed by atoms with Gasteiger partial charge in [0.25, 0.3) is 0 Å². The van der Waals surface area contributed by atoms with Crippen LogP contribution >= 0.6 is 7.82 Å². The van der Waals surface area contributed by atoms with Gasteiger partial charge in [0.1, 0.15) is 0 Å². The topological polar surface area (TPSA) is 124 Å². The van der Waals surface area contributed by atoms with Crippen molar-refractivity contribution in [3.05, 3.63) is 127 Å². The number of fused-ring (bicyclic) bond motifs is 3. The van der Waals surface area contributed by atoms with Crippen LogP contribution in [0.25, 0.3) is 32.3 Å². The van der Waals surface area contributed by atoms with Crippen LogP contribution < -0.4 is 3.76 Å². The maximum atomic E-state index is 9.57. The van der Waals surface area contributed by atoms with E-state index in [1.54, 1.807) is 0 Å². The van der Waals surface area contributed by atoms with E-state index in [0.29, 0.717) is 0 Å². The quantitative estimate of drug-likeness (QED) is 0.156. The van der Waals surface area contributed by atoms with Gasteiger partial charge in [-0.2, -0.15) is 0 Å². The zero-order valence-corrected chi connectivity index (χ0v) is 25.5. The summed E-state index contributed by atoms with van der Waals surface area (Å²) < 4.78 is 40.9. The van der Waals surface area contributed by atoms with Crippen molar-refractivity contribution >= 4 is 51.0 Å². The molecule has 202 valence electrons. The van der Waals surface area contributed by atoms with E-state index in [1.807, 2.05) is 0 Å². The first-order chi connectivity index (χ1) is 19.1. The standard InChI is InChI=1S/C30H21S.H3O4P.3O.W/c1-4-10-25-19-28(16-13-22(25)7-1)31(29-17-14-23-8-2-5-11-26(23)20-29)30-18-15-24-9-3-6-12-27(24)21-30;1-5(2,3)4;;;;/h1-21H;(H3,1,2,3,4);;;;/q+1;;;;-1;+1/p-1. The Morgan fingerprint density at radius 2 is 0.850 bits per heavy atom. The molecule has 6 aromatic rings. The first-order valence-electron chi connectivity index (χ1n) is 12.0. The van der Waals surface area contributed by atoms with Gasteiger partial charge in [0.2, 0.25) is 0 Å². The van der Waals surface area contributed by atoms with Crippen LogP contribution in [0.5, 0.6) is 0 Å². The normalized spacial score (nSPS) is 12.0. The molecule has 0 saturated carbocycles. The number of hydrogen-bond donors (Lipinski definition) is 2. The molecule has 2 N–H and O–H groups in total. The number of benzene rings is 6. The fraction of sp³-hybridized carbons (Fsp3) is 0. The first kappa shape index (κ1) is 28.3. The summed E-state index contributed by atoms with van der Waals surface area (Å²) in [6, 6.07) is 46.6. The maximum absolute atomic E-state index is 9.57. The third kappa shape index (κ3) is 7.11. The van der Waals surface area contributed by atoms with Crippen molar-refractivity contribution < 1.29 is 44.8 Å². The summed E-state index contributed by atoms with van der Waals surface area (Å²) in [5.41, 5.74) is 0. The van der Waals surface area contributed by atoms with Gasteiger partial charge < -0.3 is 0 Å². The Labute approximate surface area is 237 Å². The van der Waals surface area contributed by atoms with Gasteiger partial charge in [-0.1, -0.05) is 72.8 Å². The molecule has 0 saturated heterocycles. The maximum Gasteiger partial charge on any atom is 0.167 e. The molecule has 0 aliphatic rings. The molecule has 7 nitrogen and oxygen atoms in total. The van der Waals surface area contributed by atoms with Crippen molar-refractivity contribution in [1.29, 1.82) is 0 Å². The number of rotatable bonds is 5. The van der Waals surface area contributed by atoms with E-state index in [-0.39, 0.29) is 10.9 Å². The molecule has 0 atom stereocenters. The molecular weight excluding hydrogens is 719 g/mol. The molecule has 6 rings (SSSR count). The number of hydrogen-bond acceptors (Lipinski definition) is 5. The van der Waals surface area contributed by atoms with Crippen molar-refractivity contribution in [2.75, 3.05) is 0 Å². The first-order valence-corrected chi connectivity index (χ1v) is 19.5. The minimum absolute atomic E-state index is 0.183. The molecule has 6 aromatic carbocycles. The smallest absolute Gasteiger partial charge is 0.0616 e. The molecule has 0 fully saturated rings. The molecule has 0 spiro atoms. The van der Waals surface area contributed by atoms with Gasteiger partial charge in [-0.25, -0.2) is 0 Å². The van der Waals surface area contributed by atoms with Gasteiger partial charge in [-0.05, 0) is 68.7 Å². The summed E-state index contributed by atoms with van der Waals surface area (Å²) in [6.07, 6.45) is 0. The van der Waals surface area contributed by atoms with Gasteiger partial charge in [-0.3, -0.25) is 0 Å². The third-order valence-corrected chi connectivity index (χ3v) is 12.7. The van der Waals surface area contributed by atoms with E-state index in [4.69, 9.17) is 9.79 Å². The van der Waals surface area contributed by atoms with E-state index >= 15 is 0 Å². The Hall–Kier alpha value is -3.19. The third-order valence-electron chi connectivity index (χ3n) is 6.06. The Balaban J connectivity index is 0.000000312. The predicted octanol–water partition coefficient (Wildman–Crippen LogP) is 6.37. The summed E-state index contributed by atoms with van der Waals surface area (Å²) in [5, 5.41) is 7.72. The summed E-state index contributed by atoms with van der Waals surface area (Å²) in [5.74, 6) is 0. The fourth-order valence-corrected chi connectivity index (χ4v) is 9.37. The molecule has 0 aliphatic carbocycles. The second kappa shape index (κ2) is 11.7. The molecule has 0 bridgehead atoms. The van der Waals surface area contributed by atoms with Gasteiger partial charge in [0.05, 0.1) is 10.9 Å². The van der Waals surface area contributed by atoms with Crippen molar-refractivity contribution in [2.45, 2.75) is 14.7 Å². The Kier molecular flexibility index (Phi) is 8.31. The van der Waals surface area contributed by atoms with E-state index < -0.39 is 24.6 Å². The van der Waals surface area contributed by atoms with Gasteiger partial charge in [0.15, 0.2) is 14.7 Å². The number of phosphoric acid groups is 1. The van der Waals surface area contributed by atoms with Gasteiger partial charge in [0, 0.05) is 18.2 Å². The predicted molar refractivity (Wildman–Crippen MR) is 149 cm³/mol. The zero-order chi connectivity index (χ0) is 28.3. The molecule has 0 heterocycles. The average Bonchev–Trinajstić information content (AvgIpc) is 2.91. The monoisotopic (exact) mass is 742 g/mol. The largest absolute Gasteiger partial charge is 0.167 e. The van der Waals surface area contributed by atoms with Crippen LogP contribution in [0, 0.1) is 0 Å². The van der Waals surface area contributed by atoms with Crippen molar-refractivity contribution in [3.63, 3.8) is 0 Å². The second-order valence-electron chi connectivity index (χ2n) is 8.81. The van der Waals surface area contributed by atoms with E-state index in [0.717, 1.165) is 0 Å². The second-order valence-corrected chi connectivity index (χ2v) is 16.5. The van der Waals surface area contributed by atoms with Crippen LogP contribution in [0.2, 0.25) is 0 Å². The summed E-state index contributed by atoms with van der Waals surface area (Å²) in [4.78, 5) is 19.4. The fourth-order valence-electron chi connectivity index (χ4n) is 4.41. The minimum atomic E-state index is -6.44. The molecule has 0 radical (unpaired) electrons. The molecule has 0 aliphatic heterocycles. The molecule has 10 heteroatoms. The summed E-state index contributed by atoms with van der Waals surface area (Å²) >= 11 is -6.44. The molecular formula is C30H23O7PSW. The van der Waals surface area contributed by atoms with Gasteiger partial charge in [-0.15, -0.1) is 0 Å². The van der Waals surface area contributed by atoms with Crippen LogP contribution in [0.4, 0.5) is 0 Å². The SMILES string of the molecule is O=P(O)(O)[O][W](=[O])(=[O])[O-].c1ccc2cc([S+](c3ccc4ccccc4c3)c3ccc4ccccc4c3)ccc2c1. The van der Waals surface area contributed by atoms with Crippen LogP contribution in [0.15, 0.2) is 142 Å². The van der Waals surface area contributed by atoms with E-state index in [2.05, 4.69) is 131 Å². The summed E-state index contributed by atoms with van der Waals surface area (Å²) in [6.45, 7) is 0. The van der Waals surface area contributed by atoms with E-state index in [1.165, 1.54) is 47.0 Å². The van der Waals surface area contributed by atoms with Crippen LogP contribution in [0.1, 0.15) is 0 Å². The zero-order valence-electron chi connectivity index (χ0n) is 20.8. The van der Waals surface area contributed by atoms with Crippen molar-refractivity contribution in [3.8, 4) is 0 Å². The van der Waals surface area contributed by atoms with Crippen LogP contribution in [-0.2, 0) is 42.2 Å². The molecule has 0 unspecified atom stereocenters. The molecule has 0 amide bonds. The van der Waals surface area contributed by atoms with Gasteiger partial charge >= 0.3 is 52.7 Å². The minimum Gasteiger partial charge on any atom is -0.0616 e. The van der Waals surface area contributed by atoms with Crippen LogP contribution in [0.3, 0.4) is 0 Å². The molecule has 40 heavy (non-hydrogen) atoms. The van der Waals surface area contributed by atoms with Crippen LogP contribution in [-0.4, -0.2) is 9.79 Å². The Morgan fingerprint density at radius 3 is 1.10 bits per heavy atom. The molecule has 0 aromatic heterocycles. The summed E-state index contributed by atoms with van der Waals surface area (Å²) in [7, 11) is -5.31. The van der Waals surface area contributed by atoms with E-state index in [9.17, 15) is 15.1 Å². The Morgan fingerprint density at radius 1 is 0.550 bits per heavy atom. The van der Waals surface area contributed by atoms with Crippen molar-refractivity contribution in [1.82, 2.24) is 0 Å². The average molecular weight is 742 g/mol. The Bertz CT molecular complexity index is 1800.